The maximum Gasteiger partial charge on any atom is 0.338 e. The average molecular weight is 427 g/mol. The number of para-hydroxylation sites is 1. The van der Waals surface area contributed by atoms with E-state index in [1.165, 1.54) is 11.8 Å². The zero-order valence-corrected chi connectivity index (χ0v) is 14.8. The minimum Gasteiger partial charge on any atom is -0.452 e. The molecule has 0 atom stereocenters. The Morgan fingerprint density at radius 1 is 1.14 bits per heavy atom. The Balaban J connectivity index is 1.90. The fraction of sp³-hybridized carbons (Fsp3) is 0.125. The van der Waals surface area contributed by atoms with Crippen molar-refractivity contribution in [3.63, 3.8) is 0 Å². The molecule has 0 saturated carbocycles. The first-order valence-electron chi connectivity index (χ1n) is 6.45. The molecule has 0 unspecified atom stereocenters. The third-order valence-corrected chi connectivity index (χ3v) is 4.31. The molecule has 2 aromatic rings. The van der Waals surface area contributed by atoms with Crippen LogP contribution in [0.4, 0.5) is 5.69 Å². The molecule has 0 aromatic heterocycles. The number of benzene rings is 2. The van der Waals surface area contributed by atoms with Gasteiger partial charge in [-0.2, -0.15) is 0 Å². The number of nitrogens with one attached hydrogen (secondary N) is 1. The molecule has 0 saturated heterocycles. The Hall–Kier alpha value is -1.54. The summed E-state index contributed by atoms with van der Waals surface area (Å²) >= 11 is 3.69. The lowest BCUT2D eigenvalue weighted by molar-refractivity contribution is -0.119. The molecular formula is C16H14INO3S. The summed E-state index contributed by atoms with van der Waals surface area (Å²) in [6.07, 6.45) is 1.93. The summed E-state index contributed by atoms with van der Waals surface area (Å²) in [5.41, 5.74) is 1.14. The van der Waals surface area contributed by atoms with Gasteiger partial charge >= 0.3 is 5.97 Å². The summed E-state index contributed by atoms with van der Waals surface area (Å²) in [4.78, 5) is 24.7. The molecule has 0 heterocycles. The van der Waals surface area contributed by atoms with Gasteiger partial charge in [0.1, 0.15) is 0 Å². The van der Waals surface area contributed by atoms with Crippen LogP contribution in [0.5, 0.6) is 0 Å². The van der Waals surface area contributed by atoms with E-state index >= 15 is 0 Å². The highest BCUT2D eigenvalue weighted by Crippen LogP contribution is 2.24. The zero-order chi connectivity index (χ0) is 15.9. The maximum atomic E-state index is 11.9. The lowest BCUT2D eigenvalue weighted by atomic mass is 10.2. The summed E-state index contributed by atoms with van der Waals surface area (Å²) in [6, 6.07) is 14.4. The van der Waals surface area contributed by atoms with Crippen LogP contribution in [0.3, 0.4) is 0 Å². The predicted molar refractivity (Wildman–Crippen MR) is 96.3 cm³/mol. The van der Waals surface area contributed by atoms with E-state index in [0.29, 0.717) is 11.3 Å². The van der Waals surface area contributed by atoms with Gasteiger partial charge in [0.2, 0.25) is 0 Å². The van der Waals surface area contributed by atoms with Gasteiger partial charge in [-0.1, -0.05) is 12.1 Å². The first-order valence-corrected chi connectivity index (χ1v) is 8.76. The number of thioether (sulfide) groups is 1. The molecule has 2 rings (SSSR count). The number of carbonyl (C=O) groups excluding carboxylic acids is 2. The van der Waals surface area contributed by atoms with Gasteiger partial charge in [-0.05, 0) is 65.2 Å². The van der Waals surface area contributed by atoms with Crippen molar-refractivity contribution < 1.29 is 14.3 Å². The number of amides is 1. The van der Waals surface area contributed by atoms with E-state index in [1.807, 2.05) is 42.7 Å². The summed E-state index contributed by atoms with van der Waals surface area (Å²) in [6.45, 7) is -0.312. The Morgan fingerprint density at radius 2 is 1.82 bits per heavy atom. The largest absolute Gasteiger partial charge is 0.452 e. The highest BCUT2D eigenvalue weighted by Gasteiger charge is 2.11. The molecule has 0 bridgehead atoms. The number of esters is 1. The van der Waals surface area contributed by atoms with E-state index in [0.717, 1.165) is 8.47 Å². The van der Waals surface area contributed by atoms with Crippen LogP contribution in [-0.4, -0.2) is 24.7 Å². The lowest BCUT2D eigenvalue weighted by Gasteiger charge is -2.09. The van der Waals surface area contributed by atoms with Gasteiger partial charge in [0.05, 0.1) is 11.3 Å². The van der Waals surface area contributed by atoms with E-state index in [2.05, 4.69) is 27.9 Å². The number of carbonyl (C=O) groups is 2. The second-order valence-electron chi connectivity index (χ2n) is 4.33. The highest BCUT2D eigenvalue weighted by atomic mass is 127. The first-order chi connectivity index (χ1) is 10.6. The molecule has 0 radical (unpaired) electrons. The molecule has 0 aliphatic heterocycles. The lowest BCUT2D eigenvalue weighted by Crippen LogP contribution is -2.21. The minimum absolute atomic E-state index is 0.312. The van der Waals surface area contributed by atoms with Gasteiger partial charge < -0.3 is 10.1 Å². The van der Waals surface area contributed by atoms with E-state index in [1.54, 1.807) is 12.1 Å². The molecule has 1 amide bonds. The number of hydrogen-bond acceptors (Lipinski definition) is 4. The molecule has 0 aliphatic carbocycles. The van der Waals surface area contributed by atoms with Crippen molar-refractivity contribution in [2.45, 2.75) is 4.90 Å². The molecule has 4 nitrogen and oxygen atoms in total. The van der Waals surface area contributed by atoms with Crippen molar-refractivity contribution in [3.8, 4) is 0 Å². The summed E-state index contributed by atoms with van der Waals surface area (Å²) in [5.74, 6) is -0.870. The number of hydrogen-bond donors (Lipinski definition) is 1. The Bertz CT molecular complexity index is 673. The number of ether oxygens (including phenoxy) is 1. The number of halogens is 1. The molecule has 2 aromatic carbocycles. The Labute approximate surface area is 146 Å². The van der Waals surface area contributed by atoms with Gasteiger partial charge in [0.25, 0.3) is 5.91 Å². The SMILES string of the molecule is CSc1ccccc1NC(=O)COC(=O)c1ccc(I)cc1. The average Bonchev–Trinajstić information content (AvgIpc) is 2.54. The van der Waals surface area contributed by atoms with Gasteiger partial charge in [-0.3, -0.25) is 4.79 Å². The highest BCUT2D eigenvalue weighted by molar-refractivity contribution is 14.1. The van der Waals surface area contributed by atoms with Crippen LogP contribution < -0.4 is 5.32 Å². The topological polar surface area (TPSA) is 55.4 Å². The van der Waals surface area contributed by atoms with E-state index in [-0.39, 0.29) is 12.5 Å². The molecule has 22 heavy (non-hydrogen) atoms. The van der Waals surface area contributed by atoms with Gasteiger partial charge in [-0.15, -0.1) is 11.8 Å². The van der Waals surface area contributed by atoms with E-state index in [9.17, 15) is 9.59 Å². The van der Waals surface area contributed by atoms with Crippen molar-refractivity contribution in [1.82, 2.24) is 0 Å². The smallest absolute Gasteiger partial charge is 0.338 e. The second-order valence-corrected chi connectivity index (χ2v) is 6.43. The van der Waals surface area contributed by atoms with Crippen LogP contribution in [-0.2, 0) is 9.53 Å². The maximum absolute atomic E-state index is 11.9. The van der Waals surface area contributed by atoms with Crippen molar-refractivity contribution in [2.24, 2.45) is 0 Å². The van der Waals surface area contributed by atoms with Crippen LogP contribution in [0.2, 0.25) is 0 Å². The third-order valence-electron chi connectivity index (χ3n) is 2.80. The van der Waals surface area contributed by atoms with Crippen LogP contribution >= 0.6 is 34.4 Å². The quantitative estimate of drug-likeness (QED) is 0.448. The van der Waals surface area contributed by atoms with Crippen molar-refractivity contribution in [3.05, 3.63) is 57.7 Å². The molecule has 0 fully saturated rings. The normalized spacial score (nSPS) is 10.1. The van der Waals surface area contributed by atoms with Gasteiger partial charge in [-0.25, -0.2) is 4.79 Å². The monoisotopic (exact) mass is 427 g/mol. The summed E-state index contributed by atoms with van der Waals surface area (Å²) in [7, 11) is 0. The van der Waals surface area contributed by atoms with Gasteiger partial charge in [0, 0.05) is 8.47 Å². The fourth-order valence-electron chi connectivity index (χ4n) is 1.73. The standard InChI is InChI=1S/C16H14INO3S/c1-22-14-5-3-2-4-13(14)18-15(19)10-21-16(20)11-6-8-12(17)9-7-11/h2-9H,10H2,1H3,(H,18,19). The molecule has 114 valence electrons. The van der Waals surface area contributed by atoms with Crippen molar-refractivity contribution in [1.29, 1.82) is 0 Å². The Kier molecular flexibility index (Phi) is 6.26. The molecular weight excluding hydrogens is 413 g/mol. The van der Waals surface area contributed by atoms with Crippen LogP contribution in [0.25, 0.3) is 0 Å². The molecule has 0 aliphatic rings. The summed E-state index contributed by atoms with van der Waals surface area (Å²) < 4.78 is 6.04. The van der Waals surface area contributed by atoms with Crippen LogP contribution in [0, 0.1) is 3.57 Å². The predicted octanol–water partition coefficient (Wildman–Crippen LogP) is 3.81. The van der Waals surface area contributed by atoms with Crippen LogP contribution in [0.1, 0.15) is 10.4 Å². The van der Waals surface area contributed by atoms with Crippen molar-refractivity contribution in [2.75, 3.05) is 18.2 Å². The first kappa shape index (κ1) is 16.8. The number of anilines is 1. The molecule has 0 spiro atoms. The zero-order valence-electron chi connectivity index (χ0n) is 11.8. The number of rotatable bonds is 5. The second kappa shape index (κ2) is 8.19. The molecule has 6 heteroatoms. The van der Waals surface area contributed by atoms with Gasteiger partial charge in [0.15, 0.2) is 6.61 Å². The third kappa shape index (κ3) is 4.74. The fourth-order valence-corrected chi connectivity index (χ4v) is 2.65. The van der Waals surface area contributed by atoms with E-state index < -0.39 is 5.97 Å². The molecule has 1 N–H and O–H groups in total. The minimum atomic E-state index is -0.510. The van der Waals surface area contributed by atoms with Crippen LogP contribution in [0.15, 0.2) is 53.4 Å². The van der Waals surface area contributed by atoms with Crippen molar-refractivity contribution >= 4 is 51.9 Å². The Morgan fingerprint density at radius 3 is 2.50 bits per heavy atom. The summed E-state index contributed by atoms with van der Waals surface area (Å²) in [5, 5.41) is 2.74. The van der Waals surface area contributed by atoms with E-state index in [4.69, 9.17) is 4.74 Å².